The molecule has 0 radical (unpaired) electrons. The van der Waals surface area contributed by atoms with Gasteiger partial charge in [0.15, 0.2) is 0 Å². The number of methoxy groups -OCH3 is 2. The molecule has 0 bridgehead atoms. The lowest BCUT2D eigenvalue weighted by Gasteiger charge is -2.21. The fraction of sp³-hybridized carbons (Fsp3) is 0.263. The van der Waals surface area contributed by atoms with Crippen LogP contribution in [0.25, 0.3) is 0 Å². The van der Waals surface area contributed by atoms with Crippen LogP contribution in [0.4, 0.5) is 0 Å². The monoisotopic (exact) mass is 343 g/mol. The van der Waals surface area contributed by atoms with Crippen LogP contribution in [0.15, 0.2) is 48.5 Å². The van der Waals surface area contributed by atoms with E-state index in [9.17, 15) is 9.59 Å². The standard InChI is InChI=1S/C19H21NO5/c1-24-16-10-15(11-17(12-16)25-2)19(23)20(13-18(21)22)9-8-14-6-4-3-5-7-14/h3-7,10-12H,8-9,13H2,1-2H3,(H,21,22). The van der Waals surface area contributed by atoms with Gasteiger partial charge in [-0.2, -0.15) is 0 Å². The summed E-state index contributed by atoms with van der Waals surface area (Å²) in [5.41, 5.74) is 1.36. The Morgan fingerprint density at radius 1 is 1.00 bits per heavy atom. The molecular formula is C19H21NO5. The average Bonchev–Trinajstić information content (AvgIpc) is 2.64. The van der Waals surface area contributed by atoms with Gasteiger partial charge in [0.05, 0.1) is 14.2 Å². The number of aliphatic carboxylic acids is 1. The molecule has 6 nitrogen and oxygen atoms in total. The molecule has 2 aromatic carbocycles. The first-order valence-electron chi connectivity index (χ1n) is 7.81. The lowest BCUT2D eigenvalue weighted by Crippen LogP contribution is -2.37. The van der Waals surface area contributed by atoms with Gasteiger partial charge in [0.25, 0.3) is 5.91 Å². The predicted molar refractivity (Wildman–Crippen MR) is 93.2 cm³/mol. The summed E-state index contributed by atoms with van der Waals surface area (Å²) in [4.78, 5) is 25.3. The molecule has 25 heavy (non-hydrogen) atoms. The smallest absolute Gasteiger partial charge is 0.323 e. The van der Waals surface area contributed by atoms with Gasteiger partial charge < -0.3 is 19.5 Å². The Kier molecular flexibility index (Phi) is 6.39. The summed E-state index contributed by atoms with van der Waals surface area (Å²) in [5.74, 6) is -0.492. The topological polar surface area (TPSA) is 76.1 Å². The lowest BCUT2D eigenvalue weighted by molar-refractivity contribution is -0.137. The maximum absolute atomic E-state index is 12.8. The van der Waals surface area contributed by atoms with Crippen molar-refractivity contribution in [1.82, 2.24) is 4.90 Å². The normalized spacial score (nSPS) is 10.2. The fourth-order valence-corrected chi connectivity index (χ4v) is 2.44. The number of hydrogen-bond acceptors (Lipinski definition) is 4. The molecule has 0 unspecified atom stereocenters. The maximum Gasteiger partial charge on any atom is 0.323 e. The summed E-state index contributed by atoms with van der Waals surface area (Å²) in [6.45, 7) is -0.0696. The van der Waals surface area contributed by atoms with E-state index in [0.29, 0.717) is 30.0 Å². The van der Waals surface area contributed by atoms with Crippen molar-refractivity contribution in [2.75, 3.05) is 27.3 Å². The van der Waals surface area contributed by atoms with Gasteiger partial charge in [0.2, 0.25) is 0 Å². The summed E-state index contributed by atoms with van der Waals surface area (Å²) in [5, 5.41) is 9.14. The van der Waals surface area contributed by atoms with Crippen LogP contribution in [-0.2, 0) is 11.2 Å². The molecule has 0 fully saturated rings. The van der Waals surface area contributed by atoms with Crippen LogP contribution in [0.1, 0.15) is 15.9 Å². The Hall–Kier alpha value is -3.02. The highest BCUT2D eigenvalue weighted by molar-refractivity contribution is 5.96. The molecule has 0 aliphatic rings. The molecule has 0 heterocycles. The van der Waals surface area contributed by atoms with Crippen molar-refractivity contribution in [3.8, 4) is 11.5 Å². The molecule has 0 spiro atoms. The zero-order valence-electron chi connectivity index (χ0n) is 14.3. The molecule has 0 aliphatic carbocycles. The Balaban J connectivity index is 2.21. The van der Waals surface area contributed by atoms with Gasteiger partial charge >= 0.3 is 5.97 Å². The van der Waals surface area contributed by atoms with Crippen molar-refractivity contribution in [3.63, 3.8) is 0 Å². The second-order valence-corrected chi connectivity index (χ2v) is 5.46. The summed E-state index contributed by atoms with van der Waals surface area (Å²) in [6, 6.07) is 14.4. The van der Waals surface area contributed by atoms with Gasteiger partial charge in [0, 0.05) is 18.2 Å². The van der Waals surface area contributed by atoms with Crippen LogP contribution in [-0.4, -0.2) is 49.2 Å². The average molecular weight is 343 g/mol. The van der Waals surface area contributed by atoms with Crippen LogP contribution in [0.2, 0.25) is 0 Å². The number of ether oxygens (including phenoxy) is 2. The Morgan fingerprint density at radius 2 is 1.60 bits per heavy atom. The second kappa shape index (κ2) is 8.73. The van der Waals surface area contributed by atoms with Crippen molar-refractivity contribution in [2.24, 2.45) is 0 Å². The summed E-state index contributed by atoms with van der Waals surface area (Å²) in [7, 11) is 2.99. The molecule has 0 aliphatic heterocycles. The first kappa shape index (κ1) is 18.3. The molecule has 2 rings (SSSR count). The van der Waals surface area contributed by atoms with Crippen molar-refractivity contribution in [2.45, 2.75) is 6.42 Å². The molecule has 1 amide bonds. The van der Waals surface area contributed by atoms with E-state index in [1.54, 1.807) is 18.2 Å². The maximum atomic E-state index is 12.8. The third-order valence-electron chi connectivity index (χ3n) is 3.72. The number of carboxylic acid groups (broad SMARTS) is 1. The second-order valence-electron chi connectivity index (χ2n) is 5.46. The predicted octanol–water partition coefficient (Wildman–Crippen LogP) is 2.47. The number of nitrogens with zero attached hydrogens (tertiary/aromatic N) is 1. The van der Waals surface area contributed by atoms with E-state index in [1.165, 1.54) is 19.1 Å². The molecule has 0 saturated heterocycles. The van der Waals surface area contributed by atoms with E-state index in [2.05, 4.69) is 0 Å². The minimum Gasteiger partial charge on any atom is -0.497 e. The van der Waals surface area contributed by atoms with Crippen LogP contribution in [0, 0.1) is 0 Å². The first-order chi connectivity index (χ1) is 12.0. The minimum atomic E-state index is -1.06. The van der Waals surface area contributed by atoms with Gasteiger partial charge in [-0.05, 0) is 24.1 Å². The number of carboxylic acids is 1. The number of carbonyl (C=O) groups excluding carboxylic acids is 1. The van der Waals surface area contributed by atoms with Crippen LogP contribution < -0.4 is 9.47 Å². The summed E-state index contributed by atoms with van der Waals surface area (Å²) in [6.07, 6.45) is 0.570. The van der Waals surface area contributed by atoms with E-state index < -0.39 is 5.97 Å². The molecule has 1 N–H and O–H groups in total. The van der Waals surface area contributed by atoms with Crippen molar-refractivity contribution in [3.05, 3.63) is 59.7 Å². The van der Waals surface area contributed by atoms with E-state index in [-0.39, 0.29) is 12.5 Å². The van der Waals surface area contributed by atoms with E-state index >= 15 is 0 Å². The summed E-state index contributed by atoms with van der Waals surface area (Å²) >= 11 is 0. The third-order valence-corrected chi connectivity index (χ3v) is 3.72. The largest absolute Gasteiger partial charge is 0.497 e. The molecule has 6 heteroatoms. The quantitative estimate of drug-likeness (QED) is 0.797. The highest BCUT2D eigenvalue weighted by Gasteiger charge is 2.20. The fourth-order valence-electron chi connectivity index (χ4n) is 2.44. The number of amides is 1. The van der Waals surface area contributed by atoms with E-state index in [1.807, 2.05) is 30.3 Å². The SMILES string of the molecule is COc1cc(OC)cc(C(=O)N(CCc2ccccc2)CC(=O)O)c1. The Labute approximate surface area is 146 Å². The number of hydrogen-bond donors (Lipinski definition) is 1. The van der Waals surface area contributed by atoms with Crippen molar-refractivity contribution < 1.29 is 24.2 Å². The number of carbonyl (C=O) groups is 2. The highest BCUT2D eigenvalue weighted by Crippen LogP contribution is 2.23. The molecule has 0 aromatic heterocycles. The van der Waals surface area contributed by atoms with Gasteiger partial charge in [-0.3, -0.25) is 9.59 Å². The van der Waals surface area contributed by atoms with Gasteiger partial charge in [-0.1, -0.05) is 30.3 Å². The van der Waals surface area contributed by atoms with E-state index in [0.717, 1.165) is 5.56 Å². The van der Waals surface area contributed by atoms with Crippen LogP contribution in [0.3, 0.4) is 0 Å². The molecular weight excluding hydrogens is 322 g/mol. The zero-order valence-corrected chi connectivity index (χ0v) is 14.3. The zero-order chi connectivity index (χ0) is 18.2. The van der Waals surface area contributed by atoms with Crippen LogP contribution >= 0.6 is 0 Å². The molecule has 0 saturated carbocycles. The number of benzene rings is 2. The minimum absolute atomic E-state index is 0.300. The molecule has 0 atom stereocenters. The van der Waals surface area contributed by atoms with Gasteiger partial charge in [-0.25, -0.2) is 0 Å². The Bertz CT molecular complexity index is 708. The molecule has 132 valence electrons. The van der Waals surface area contributed by atoms with E-state index in [4.69, 9.17) is 14.6 Å². The summed E-state index contributed by atoms with van der Waals surface area (Å²) < 4.78 is 10.3. The third kappa shape index (κ3) is 5.24. The first-order valence-corrected chi connectivity index (χ1v) is 7.81. The number of rotatable bonds is 8. The van der Waals surface area contributed by atoms with Gasteiger partial charge in [0.1, 0.15) is 18.0 Å². The van der Waals surface area contributed by atoms with Gasteiger partial charge in [-0.15, -0.1) is 0 Å². The van der Waals surface area contributed by atoms with Crippen LogP contribution in [0.5, 0.6) is 11.5 Å². The molecule has 2 aromatic rings. The lowest BCUT2D eigenvalue weighted by atomic mass is 10.1. The van der Waals surface area contributed by atoms with Crippen molar-refractivity contribution >= 4 is 11.9 Å². The van der Waals surface area contributed by atoms with Crippen molar-refractivity contribution in [1.29, 1.82) is 0 Å². The Morgan fingerprint density at radius 3 is 2.12 bits per heavy atom. The highest BCUT2D eigenvalue weighted by atomic mass is 16.5.